The van der Waals surface area contributed by atoms with Gasteiger partial charge in [0.2, 0.25) is 0 Å². The van der Waals surface area contributed by atoms with Gasteiger partial charge in [-0.15, -0.1) is 0 Å². The quantitative estimate of drug-likeness (QED) is 0.884. The van der Waals surface area contributed by atoms with E-state index in [1.54, 1.807) is 0 Å². The second-order valence-corrected chi connectivity index (χ2v) is 5.72. The highest BCUT2D eigenvalue weighted by Gasteiger charge is 2.15. The van der Waals surface area contributed by atoms with E-state index < -0.39 is 0 Å². The molecule has 0 saturated carbocycles. The highest BCUT2D eigenvalue weighted by Crippen LogP contribution is 2.27. The zero-order valence-electron chi connectivity index (χ0n) is 12.5. The third-order valence-corrected chi connectivity index (χ3v) is 4.10. The molecule has 0 aromatic heterocycles. The number of fused-ring (bicyclic) bond motifs is 1. The maximum Gasteiger partial charge on any atom is 0.0681 e. The number of nitrogens with zero attached hydrogens (tertiary/aromatic N) is 1. The molecule has 3 rings (SSSR count). The first-order valence-electron chi connectivity index (χ1n) is 7.48. The summed E-state index contributed by atoms with van der Waals surface area (Å²) in [5.74, 6) is 0. The molecule has 3 heteroatoms. The van der Waals surface area contributed by atoms with E-state index in [1.165, 1.54) is 22.4 Å². The molecule has 0 atom stereocenters. The Morgan fingerprint density at radius 1 is 1.05 bits per heavy atom. The topological polar surface area (TPSA) is 35.5 Å². The van der Waals surface area contributed by atoms with Crippen LogP contribution in [-0.4, -0.2) is 18.7 Å². The smallest absolute Gasteiger partial charge is 0.0681 e. The predicted molar refractivity (Wildman–Crippen MR) is 86.3 cm³/mol. The normalized spacial score (nSPS) is 13.5. The van der Waals surface area contributed by atoms with Gasteiger partial charge in [0, 0.05) is 32.4 Å². The molecule has 0 unspecified atom stereocenters. The van der Waals surface area contributed by atoms with Crippen LogP contribution in [0.25, 0.3) is 0 Å². The van der Waals surface area contributed by atoms with Gasteiger partial charge in [-0.1, -0.05) is 36.4 Å². The van der Waals surface area contributed by atoms with Gasteiger partial charge in [0.25, 0.3) is 0 Å². The average Bonchev–Trinajstić information content (AvgIpc) is 2.88. The van der Waals surface area contributed by atoms with Gasteiger partial charge in [-0.2, -0.15) is 0 Å². The summed E-state index contributed by atoms with van der Waals surface area (Å²) in [5, 5.41) is 12.6. The fraction of sp³-hybridized carbons (Fsp3) is 0.333. The molecule has 21 heavy (non-hydrogen) atoms. The number of rotatable bonds is 5. The summed E-state index contributed by atoms with van der Waals surface area (Å²) in [5.41, 5.74) is 6.34. The Morgan fingerprint density at radius 2 is 1.81 bits per heavy atom. The lowest BCUT2D eigenvalue weighted by molar-refractivity contribution is 0.281. The lowest BCUT2D eigenvalue weighted by Crippen LogP contribution is -2.13. The summed E-state index contributed by atoms with van der Waals surface area (Å²) in [7, 11) is 2.15. The van der Waals surface area contributed by atoms with Crippen molar-refractivity contribution in [3.05, 3.63) is 64.7 Å². The molecule has 3 nitrogen and oxygen atoms in total. The van der Waals surface area contributed by atoms with Crippen LogP contribution in [0.3, 0.4) is 0 Å². The SMILES string of the molecule is CN1CCc2cc(CNCc3cccc(CO)c3)ccc21. The Hall–Kier alpha value is -1.84. The van der Waals surface area contributed by atoms with Crippen molar-refractivity contribution >= 4 is 5.69 Å². The Bertz CT molecular complexity index is 624. The van der Waals surface area contributed by atoms with Gasteiger partial charge in [-0.25, -0.2) is 0 Å². The molecular formula is C18H22N2O. The van der Waals surface area contributed by atoms with Crippen LogP contribution < -0.4 is 10.2 Å². The third-order valence-electron chi connectivity index (χ3n) is 4.10. The first kappa shape index (κ1) is 14.1. The van der Waals surface area contributed by atoms with E-state index in [-0.39, 0.29) is 6.61 Å². The van der Waals surface area contributed by atoms with Crippen LogP contribution in [-0.2, 0) is 26.1 Å². The van der Waals surface area contributed by atoms with Gasteiger partial charge >= 0.3 is 0 Å². The van der Waals surface area contributed by atoms with Crippen LogP contribution >= 0.6 is 0 Å². The van der Waals surface area contributed by atoms with Crippen LogP contribution in [0, 0.1) is 0 Å². The zero-order chi connectivity index (χ0) is 14.7. The molecule has 1 aliphatic heterocycles. The maximum atomic E-state index is 9.15. The number of likely N-dealkylation sites (N-methyl/N-ethyl adjacent to an activating group) is 1. The molecule has 0 fully saturated rings. The fourth-order valence-corrected chi connectivity index (χ4v) is 2.92. The number of benzene rings is 2. The van der Waals surface area contributed by atoms with Gasteiger partial charge in [-0.05, 0) is 34.7 Å². The molecule has 0 saturated heterocycles. The van der Waals surface area contributed by atoms with E-state index in [2.05, 4.69) is 41.5 Å². The van der Waals surface area contributed by atoms with Crippen molar-refractivity contribution in [1.29, 1.82) is 0 Å². The molecular weight excluding hydrogens is 260 g/mol. The molecule has 2 N–H and O–H groups in total. The molecule has 0 spiro atoms. The number of anilines is 1. The van der Waals surface area contributed by atoms with E-state index in [0.29, 0.717) is 0 Å². The van der Waals surface area contributed by atoms with Gasteiger partial charge in [-0.3, -0.25) is 0 Å². The van der Waals surface area contributed by atoms with Crippen molar-refractivity contribution in [3.63, 3.8) is 0 Å². The second kappa shape index (κ2) is 6.29. The van der Waals surface area contributed by atoms with Gasteiger partial charge in [0.05, 0.1) is 6.61 Å². The minimum atomic E-state index is 0.103. The summed E-state index contributed by atoms with van der Waals surface area (Å²) in [4.78, 5) is 2.31. The van der Waals surface area contributed by atoms with Crippen LogP contribution in [0.5, 0.6) is 0 Å². The van der Waals surface area contributed by atoms with Crippen molar-refractivity contribution in [2.45, 2.75) is 26.1 Å². The number of aliphatic hydroxyl groups is 1. The average molecular weight is 282 g/mol. The summed E-state index contributed by atoms with van der Waals surface area (Å²) in [6.07, 6.45) is 1.15. The summed E-state index contributed by atoms with van der Waals surface area (Å²) >= 11 is 0. The van der Waals surface area contributed by atoms with E-state index in [4.69, 9.17) is 5.11 Å². The summed E-state index contributed by atoms with van der Waals surface area (Å²) in [6, 6.07) is 14.8. The number of hydrogen-bond acceptors (Lipinski definition) is 3. The summed E-state index contributed by atoms with van der Waals surface area (Å²) < 4.78 is 0. The van der Waals surface area contributed by atoms with Crippen molar-refractivity contribution in [1.82, 2.24) is 5.32 Å². The summed E-state index contributed by atoms with van der Waals surface area (Å²) in [6.45, 7) is 2.93. The lowest BCUT2D eigenvalue weighted by atomic mass is 10.1. The van der Waals surface area contributed by atoms with Crippen molar-refractivity contribution in [2.75, 3.05) is 18.5 Å². The standard InChI is InChI=1S/C18H22N2O/c1-20-8-7-17-10-15(5-6-18(17)20)12-19-11-14-3-2-4-16(9-14)13-21/h2-6,9-10,19,21H,7-8,11-13H2,1H3. The van der Waals surface area contributed by atoms with Gasteiger partial charge in [0.1, 0.15) is 0 Å². The Balaban J connectivity index is 1.58. The largest absolute Gasteiger partial charge is 0.392 e. The van der Waals surface area contributed by atoms with Crippen molar-refractivity contribution in [3.8, 4) is 0 Å². The lowest BCUT2D eigenvalue weighted by Gasteiger charge is -2.12. The number of aliphatic hydroxyl groups excluding tert-OH is 1. The van der Waals surface area contributed by atoms with Crippen LogP contribution in [0.2, 0.25) is 0 Å². The number of hydrogen-bond donors (Lipinski definition) is 2. The van der Waals surface area contributed by atoms with E-state index >= 15 is 0 Å². The monoisotopic (exact) mass is 282 g/mol. The molecule has 0 radical (unpaired) electrons. The molecule has 0 amide bonds. The Morgan fingerprint density at radius 3 is 2.62 bits per heavy atom. The number of nitrogens with one attached hydrogen (secondary N) is 1. The fourth-order valence-electron chi connectivity index (χ4n) is 2.92. The van der Waals surface area contributed by atoms with E-state index in [0.717, 1.165) is 31.6 Å². The van der Waals surface area contributed by atoms with E-state index in [1.807, 2.05) is 18.2 Å². The van der Waals surface area contributed by atoms with Crippen LogP contribution in [0.4, 0.5) is 5.69 Å². The molecule has 2 aromatic carbocycles. The predicted octanol–water partition coefficient (Wildman–Crippen LogP) is 2.46. The Labute approximate surface area is 126 Å². The van der Waals surface area contributed by atoms with Crippen LogP contribution in [0.1, 0.15) is 22.3 Å². The van der Waals surface area contributed by atoms with Crippen molar-refractivity contribution in [2.24, 2.45) is 0 Å². The molecule has 0 bridgehead atoms. The maximum absolute atomic E-state index is 9.15. The molecule has 110 valence electrons. The Kier molecular flexibility index (Phi) is 4.23. The van der Waals surface area contributed by atoms with Gasteiger partial charge < -0.3 is 15.3 Å². The highest BCUT2D eigenvalue weighted by atomic mass is 16.3. The third kappa shape index (κ3) is 3.26. The highest BCUT2D eigenvalue weighted by molar-refractivity contribution is 5.58. The molecule has 1 heterocycles. The van der Waals surface area contributed by atoms with Crippen LogP contribution in [0.15, 0.2) is 42.5 Å². The zero-order valence-corrected chi connectivity index (χ0v) is 12.5. The first-order chi connectivity index (χ1) is 10.3. The van der Waals surface area contributed by atoms with Gasteiger partial charge in [0.15, 0.2) is 0 Å². The minimum Gasteiger partial charge on any atom is -0.392 e. The van der Waals surface area contributed by atoms with Crippen molar-refractivity contribution < 1.29 is 5.11 Å². The second-order valence-electron chi connectivity index (χ2n) is 5.72. The first-order valence-corrected chi connectivity index (χ1v) is 7.48. The molecule has 1 aliphatic rings. The minimum absolute atomic E-state index is 0.103. The molecule has 0 aliphatic carbocycles. The van der Waals surface area contributed by atoms with E-state index in [9.17, 15) is 0 Å². The molecule has 2 aromatic rings.